The van der Waals surface area contributed by atoms with Crippen LogP contribution in [0.25, 0.3) is 0 Å². The van der Waals surface area contributed by atoms with Gasteiger partial charge in [0.15, 0.2) is 6.29 Å². The molecule has 0 saturated heterocycles. The summed E-state index contributed by atoms with van der Waals surface area (Å²) in [6.07, 6.45) is 0.933. The molecule has 0 unspecified atom stereocenters. The fourth-order valence-electron chi connectivity index (χ4n) is 1.80. The topological polar surface area (TPSA) is 17.1 Å². The van der Waals surface area contributed by atoms with Gasteiger partial charge in [0.1, 0.15) is 0 Å². The Morgan fingerprint density at radius 1 is 1.00 bits per heavy atom. The third-order valence-electron chi connectivity index (χ3n) is 3.09. The van der Waals surface area contributed by atoms with Gasteiger partial charge in [-0.05, 0) is 55.5 Å². The zero-order valence-corrected chi connectivity index (χ0v) is 9.83. The van der Waals surface area contributed by atoms with Crippen molar-refractivity contribution in [1.29, 1.82) is 0 Å². The van der Waals surface area contributed by atoms with E-state index in [-0.39, 0.29) is 0 Å². The second kappa shape index (κ2) is 4.14. The Labute approximate surface area is 90.1 Å². The molecule has 0 heterocycles. The summed E-state index contributed by atoms with van der Waals surface area (Å²) in [6, 6.07) is 0. The highest BCUT2D eigenvalue weighted by Gasteiger charge is 2.12. The monoisotopic (exact) mass is 210 g/mol. The molecule has 0 amide bonds. The number of hydrogen-bond acceptors (Lipinski definition) is 1. The summed E-state index contributed by atoms with van der Waals surface area (Å²) in [4.78, 5) is 10.9. The molecule has 0 aliphatic rings. The van der Waals surface area contributed by atoms with Gasteiger partial charge in [-0.2, -0.15) is 0 Å². The lowest BCUT2D eigenvalue weighted by molar-refractivity contribution is 0.112. The van der Waals surface area contributed by atoms with Crippen LogP contribution in [0.3, 0.4) is 0 Å². The normalized spacial score (nSPS) is 10.4. The van der Waals surface area contributed by atoms with Crippen LogP contribution in [0.2, 0.25) is 0 Å². The van der Waals surface area contributed by atoms with Gasteiger partial charge in [0, 0.05) is 11.4 Å². The van der Waals surface area contributed by atoms with Crippen LogP contribution in [0.5, 0.6) is 0 Å². The van der Waals surface area contributed by atoms with Gasteiger partial charge in [-0.3, -0.25) is 4.79 Å². The molecule has 0 aliphatic heterocycles. The van der Waals surface area contributed by atoms with Crippen molar-refractivity contribution in [3.63, 3.8) is 0 Å². The lowest BCUT2D eigenvalue weighted by Gasteiger charge is -2.15. The van der Waals surface area contributed by atoms with E-state index in [2.05, 4.69) is 0 Å². The van der Waals surface area contributed by atoms with E-state index in [1.807, 2.05) is 27.7 Å². The van der Waals surface area contributed by atoms with Gasteiger partial charge in [0.2, 0.25) is 0 Å². The second-order valence-electron chi connectivity index (χ2n) is 3.64. The SMILES string of the molecule is Cc1c(C)c(CCl)c(C)c(C)c1C=O. The molecule has 0 radical (unpaired) electrons. The molecule has 0 bridgehead atoms. The summed E-state index contributed by atoms with van der Waals surface area (Å²) in [5.74, 6) is 0.512. The number of alkyl halides is 1. The van der Waals surface area contributed by atoms with E-state index in [0.717, 1.165) is 39.7 Å². The minimum atomic E-state index is 0.512. The molecule has 2 heteroatoms. The van der Waals surface area contributed by atoms with Crippen LogP contribution in [0, 0.1) is 27.7 Å². The first-order valence-electron chi connectivity index (χ1n) is 4.65. The lowest BCUT2D eigenvalue weighted by atomic mass is 9.90. The first-order chi connectivity index (χ1) is 6.54. The van der Waals surface area contributed by atoms with Gasteiger partial charge < -0.3 is 0 Å². The third kappa shape index (κ3) is 1.57. The van der Waals surface area contributed by atoms with Crippen LogP contribution < -0.4 is 0 Å². The maximum atomic E-state index is 10.9. The Kier molecular flexibility index (Phi) is 3.33. The van der Waals surface area contributed by atoms with E-state index in [1.165, 1.54) is 0 Å². The predicted molar refractivity (Wildman–Crippen MR) is 60.3 cm³/mol. The Morgan fingerprint density at radius 3 is 1.71 bits per heavy atom. The molecule has 0 fully saturated rings. The van der Waals surface area contributed by atoms with Crippen LogP contribution in [-0.2, 0) is 5.88 Å². The van der Waals surface area contributed by atoms with Crippen LogP contribution in [0.15, 0.2) is 0 Å². The predicted octanol–water partition coefficient (Wildman–Crippen LogP) is 3.47. The second-order valence-corrected chi connectivity index (χ2v) is 3.91. The van der Waals surface area contributed by atoms with Crippen LogP contribution in [0.4, 0.5) is 0 Å². The highest BCUT2D eigenvalue weighted by Crippen LogP contribution is 2.26. The highest BCUT2D eigenvalue weighted by atomic mass is 35.5. The summed E-state index contributed by atoms with van der Waals surface area (Å²) in [5.41, 5.74) is 6.37. The first-order valence-corrected chi connectivity index (χ1v) is 5.18. The van der Waals surface area contributed by atoms with E-state index >= 15 is 0 Å². The van der Waals surface area contributed by atoms with Gasteiger partial charge in [0.25, 0.3) is 0 Å². The number of benzene rings is 1. The Hall–Kier alpha value is -0.820. The zero-order chi connectivity index (χ0) is 10.9. The first kappa shape index (κ1) is 11.3. The van der Waals surface area contributed by atoms with Crippen molar-refractivity contribution in [3.8, 4) is 0 Å². The smallest absolute Gasteiger partial charge is 0.150 e. The fraction of sp³-hybridized carbons (Fsp3) is 0.417. The van der Waals surface area contributed by atoms with Gasteiger partial charge >= 0.3 is 0 Å². The van der Waals surface area contributed by atoms with E-state index < -0.39 is 0 Å². The molecule has 0 N–H and O–H groups in total. The zero-order valence-electron chi connectivity index (χ0n) is 9.07. The number of carbonyl (C=O) groups is 1. The molecule has 1 nitrogen and oxygen atoms in total. The number of rotatable bonds is 2. The average Bonchev–Trinajstić information content (AvgIpc) is 2.17. The van der Waals surface area contributed by atoms with Crippen molar-refractivity contribution < 1.29 is 4.79 Å². The fourth-order valence-corrected chi connectivity index (χ4v) is 2.20. The molecule has 0 aromatic heterocycles. The summed E-state index contributed by atoms with van der Waals surface area (Å²) >= 11 is 5.89. The minimum Gasteiger partial charge on any atom is -0.298 e. The molecule has 0 aliphatic carbocycles. The van der Waals surface area contributed by atoms with E-state index in [9.17, 15) is 4.79 Å². The molecule has 14 heavy (non-hydrogen) atoms. The number of halogens is 1. The summed E-state index contributed by atoms with van der Waals surface area (Å²) < 4.78 is 0. The van der Waals surface area contributed by atoms with Crippen LogP contribution >= 0.6 is 11.6 Å². The molecule has 1 rings (SSSR count). The van der Waals surface area contributed by atoms with Crippen molar-refractivity contribution in [1.82, 2.24) is 0 Å². The molecule has 0 spiro atoms. The van der Waals surface area contributed by atoms with Gasteiger partial charge in [0.05, 0.1) is 0 Å². The van der Waals surface area contributed by atoms with E-state index in [0.29, 0.717) is 5.88 Å². The van der Waals surface area contributed by atoms with Crippen LogP contribution in [-0.4, -0.2) is 6.29 Å². The van der Waals surface area contributed by atoms with Crippen molar-refractivity contribution in [2.24, 2.45) is 0 Å². The highest BCUT2D eigenvalue weighted by molar-refractivity contribution is 6.17. The lowest BCUT2D eigenvalue weighted by Crippen LogP contribution is -2.03. The van der Waals surface area contributed by atoms with E-state index in [1.54, 1.807) is 0 Å². The molecular weight excluding hydrogens is 196 g/mol. The summed E-state index contributed by atoms with van der Waals surface area (Å²) in [7, 11) is 0. The van der Waals surface area contributed by atoms with Crippen molar-refractivity contribution in [2.45, 2.75) is 33.6 Å². The molecule has 0 atom stereocenters. The molecule has 76 valence electrons. The standard InChI is InChI=1S/C12H15ClO/c1-7-9(3)12(6-14)10(4)8(2)11(7)5-13/h6H,5H2,1-4H3. The van der Waals surface area contributed by atoms with E-state index in [4.69, 9.17) is 11.6 Å². The summed E-state index contributed by atoms with van der Waals surface area (Å²) in [5, 5.41) is 0. The van der Waals surface area contributed by atoms with Crippen molar-refractivity contribution >= 4 is 17.9 Å². The van der Waals surface area contributed by atoms with Gasteiger partial charge in [-0.25, -0.2) is 0 Å². The molecule has 1 aromatic rings. The maximum Gasteiger partial charge on any atom is 0.150 e. The van der Waals surface area contributed by atoms with Gasteiger partial charge in [-0.15, -0.1) is 11.6 Å². The van der Waals surface area contributed by atoms with Crippen molar-refractivity contribution in [2.75, 3.05) is 0 Å². The number of aldehydes is 1. The quantitative estimate of drug-likeness (QED) is 0.540. The van der Waals surface area contributed by atoms with Gasteiger partial charge in [-0.1, -0.05) is 0 Å². The summed E-state index contributed by atoms with van der Waals surface area (Å²) in [6.45, 7) is 7.99. The average molecular weight is 211 g/mol. The molecule has 0 saturated carbocycles. The Morgan fingerprint density at radius 2 is 1.43 bits per heavy atom. The minimum absolute atomic E-state index is 0.512. The molecule has 1 aromatic carbocycles. The largest absolute Gasteiger partial charge is 0.298 e. The number of hydrogen-bond donors (Lipinski definition) is 0. The molecular formula is C12H15ClO. The maximum absolute atomic E-state index is 10.9. The van der Waals surface area contributed by atoms with Crippen LogP contribution in [0.1, 0.15) is 38.2 Å². The van der Waals surface area contributed by atoms with Crippen molar-refractivity contribution in [3.05, 3.63) is 33.4 Å². The number of carbonyl (C=O) groups excluding carboxylic acids is 1. The Balaban J connectivity index is 3.63. The third-order valence-corrected chi connectivity index (χ3v) is 3.36. The Bertz CT molecular complexity index is 351.